The van der Waals surface area contributed by atoms with Crippen molar-refractivity contribution < 1.29 is 19.1 Å². The summed E-state index contributed by atoms with van der Waals surface area (Å²) in [6.07, 6.45) is 6.86. The Bertz CT molecular complexity index is 1110. The van der Waals surface area contributed by atoms with Crippen LogP contribution in [0.1, 0.15) is 38.2 Å². The van der Waals surface area contributed by atoms with Crippen LogP contribution < -0.4 is 5.32 Å². The van der Waals surface area contributed by atoms with Crippen LogP contribution >= 0.6 is 0 Å². The van der Waals surface area contributed by atoms with Crippen molar-refractivity contribution in [2.45, 2.75) is 32.6 Å². The predicted octanol–water partition coefficient (Wildman–Crippen LogP) is 2.73. The van der Waals surface area contributed by atoms with Gasteiger partial charge in [-0.1, -0.05) is 13.0 Å². The van der Waals surface area contributed by atoms with E-state index in [1.165, 1.54) is 7.11 Å². The van der Waals surface area contributed by atoms with Gasteiger partial charge in [-0.25, -0.2) is 4.98 Å². The zero-order valence-electron chi connectivity index (χ0n) is 17.7. The molecule has 2 aliphatic carbocycles. The van der Waals surface area contributed by atoms with E-state index in [1.807, 2.05) is 24.4 Å². The van der Waals surface area contributed by atoms with E-state index in [0.717, 1.165) is 35.0 Å². The number of nitrogens with zero attached hydrogens (tertiary/aromatic N) is 2. The number of rotatable bonds is 5. The van der Waals surface area contributed by atoms with Gasteiger partial charge in [0.25, 0.3) is 0 Å². The third-order valence-corrected chi connectivity index (χ3v) is 6.62. The Morgan fingerprint density at radius 1 is 1.29 bits per heavy atom. The van der Waals surface area contributed by atoms with Crippen LogP contribution in [0, 0.1) is 17.3 Å². The van der Waals surface area contributed by atoms with Gasteiger partial charge >= 0.3 is 5.97 Å². The lowest BCUT2D eigenvalue weighted by Gasteiger charge is -2.33. The lowest BCUT2D eigenvalue weighted by atomic mass is 9.88. The number of hydrogen-bond acceptors (Lipinski definition) is 5. The Morgan fingerprint density at radius 2 is 2.06 bits per heavy atom. The Kier molecular flexibility index (Phi) is 4.60. The first kappa shape index (κ1) is 19.8. The second-order valence-electron chi connectivity index (χ2n) is 8.90. The maximum absolute atomic E-state index is 13.0. The number of methoxy groups -OCH3 is 1. The Balaban J connectivity index is 1.42. The standard InChI is InChI=1S/C23H26N4O4/c1-13-12-27(21(29)23(7-8-23)22(30)31-2)10-6-15(13)17-11-18(26-20(28)14-3-4-14)25-19-16(17)5-9-24-19/h5-6,9,11,13-14H,3-4,7-8,10,12H2,1-2H3,(H2,24,25,26,28). The van der Waals surface area contributed by atoms with Crippen molar-refractivity contribution in [3.8, 4) is 0 Å². The molecule has 2 amide bonds. The molecule has 2 N–H and O–H groups in total. The van der Waals surface area contributed by atoms with Gasteiger partial charge < -0.3 is 19.9 Å². The molecule has 3 heterocycles. The average Bonchev–Trinajstić information content (AvgIpc) is 3.69. The van der Waals surface area contributed by atoms with Gasteiger partial charge in [-0.15, -0.1) is 0 Å². The van der Waals surface area contributed by atoms with Gasteiger partial charge in [0, 0.05) is 30.6 Å². The fraction of sp³-hybridized carbons (Fsp3) is 0.478. The minimum atomic E-state index is -0.982. The number of ether oxygens (including phenoxy) is 1. The van der Waals surface area contributed by atoms with Crippen LogP contribution in [0.5, 0.6) is 0 Å². The molecular formula is C23H26N4O4. The van der Waals surface area contributed by atoms with Gasteiger partial charge in [0.05, 0.1) is 7.11 Å². The summed E-state index contributed by atoms with van der Waals surface area (Å²) in [6, 6.07) is 3.90. The molecule has 5 rings (SSSR count). The topological polar surface area (TPSA) is 104 Å². The number of amides is 2. The summed E-state index contributed by atoms with van der Waals surface area (Å²) in [5.41, 5.74) is 1.86. The molecule has 0 saturated heterocycles. The molecule has 31 heavy (non-hydrogen) atoms. The normalized spacial score (nSPS) is 22.1. The molecule has 2 saturated carbocycles. The number of carbonyl (C=O) groups excluding carboxylic acids is 3. The molecule has 0 bridgehead atoms. The molecule has 2 aromatic rings. The van der Waals surface area contributed by atoms with E-state index in [9.17, 15) is 14.4 Å². The van der Waals surface area contributed by atoms with E-state index in [2.05, 4.69) is 22.2 Å². The average molecular weight is 422 g/mol. The number of anilines is 1. The number of hydrogen-bond donors (Lipinski definition) is 2. The van der Waals surface area contributed by atoms with Gasteiger partial charge in [-0.05, 0) is 54.9 Å². The molecule has 8 heteroatoms. The van der Waals surface area contributed by atoms with Crippen LogP contribution in [-0.4, -0.2) is 52.9 Å². The highest BCUT2D eigenvalue weighted by Gasteiger charge is 2.59. The molecule has 1 atom stereocenters. The summed E-state index contributed by atoms with van der Waals surface area (Å²) in [5, 5.41) is 3.92. The zero-order valence-corrected chi connectivity index (χ0v) is 17.7. The van der Waals surface area contributed by atoms with Crippen molar-refractivity contribution in [2.24, 2.45) is 17.3 Å². The van der Waals surface area contributed by atoms with Crippen LogP contribution in [0.15, 0.2) is 24.4 Å². The van der Waals surface area contributed by atoms with Crippen molar-refractivity contribution in [2.75, 3.05) is 25.5 Å². The number of esters is 1. The van der Waals surface area contributed by atoms with E-state index in [1.54, 1.807) is 4.90 Å². The quantitative estimate of drug-likeness (QED) is 0.570. The Hall–Kier alpha value is -3.16. The van der Waals surface area contributed by atoms with Gasteiger partial charge in [-0.2, -0.15) is 0 Å². The molecule has 162 valence electrons. The van der Waals surface area contributed by atoms with Crippen LogP contribution in [0.2, 0.25) is 0 Å². The minimum Gasteiger partial charge on any atom is -0.468 e. The summed E-state index contributed by atoms with van der Waals surface area (Å²) < 4.78 is 4.87. The minimum absolute atomic E-state index is 0.0179. The van der Waals surface area contributed by atoms with E-state index < -0.39 is 11.4 Å². The first-order chi connectivity index (χ1) is 14.9. The number of nitrogens with one attached hydrogen (secondary N) is 2. The molecule has 2 aromatic heterocycles. The largest absolute Gasteiger partial charge is 0.468 e. The number of aromatic nitrogens is 2. The molecule has 0 spiro atoms. The molecule has 0 radical (unpaired) electrons. The number of aromatic amines is 1. The third kappa shape index (κ3) is 3.40. The highest BCUT2D eigenvalue weighted by molar-refractivity contribution is 6.06. The lowest BCUT2D eigenvalue weighted by molar-refractivity contribution is -0.156. The van der Waals surface area contributed by atoms with E-state index in [4.69, 9.17) is 4.74 Å². The molecule has 1 unspecified atom stereocenters. The molecular weight excluding hydrogens is 396 g/mol. The van der Waals surface area contributed by atoms with Gasteiger partial charge in [-0.3, -0.25) is 14.4 Å². The number of H-pyrrole nitrogens is 1. The monoisotopic (exact) mass is 422 g/mol. The van der Waals surface area contributed by atoms with Gasteiger partial charge in [0.1, 0.15) is 16.9 Å². The number of fused-ring (bicyclic) bond motifs is 1. The van der Waals surface area contributed by atoms with Crippen LogP contribution in [-0.2, 0) is 19.1 Å². The van der Waals surface area contributed by atoms with Crippen molar-refractivity contribution in [3.63, 3.8) is 0 Å². The second kappa shape index (κ2) is 7.21. The van der Waals surface area contributed by atoms with Crippen molar-refractivity contribution in [1.82, 2.24) is 14.9 Å². The van der Waals surface area contributed by atoms with Crippen molar-refractivity contribution in [3.05, 3.63) is 30.0 Å². The summed E-state index contributed by atoms with van der Waals surface area (Å²) >= 11 is 0. The summed E-state index contributed by atoms with van der Waals surface area (Å²) in [4.78, 5) is 46.8. The third-order valence-electron chi connectivity index (χ3n) is 6.62. The summed E-state index contributed by atoms with van der Waals surface area (Å²) in [5.74, 6) is 0.153. The fourth-order valence-corrected chi connectivity index (χ4v) is 4.50. The first-order valence-corrected chi connectivity index (χ1v) is 10.8. The second-order valence-corrected chi connectivity index (χ2v) is 8.90. The van der Waals surface area contributed by atoms with Crippen molar-refractivity contribution in [1.29, 1.82) is 0 Å². The summed E-state index contributed by atoms with van der Waals surface area (Å²) in [6.45, 7) is 3.04. The number of carbonyl (C=O) groups is 3. The van der Waals surface area contributed by atoms with Crippen LogP contribution in [0.25, 0.3) is 16.6 Å². The Morgan fingerprint density at radius 3 is 2.71 bits per heavy atom. The van der Waals surface area contributed by atoms with E-state index in [0.29, 0.717) is 31.7 Å². The van der Waals surface area contributed by atoms with Crippen LogP contribution in [0.4, 0.5) is 5.82 Å². The molecule has 0 aromatic carbocycles. The fourth-order valence-electron chi connectivity index (χ4n) is 4.50. The summed E-state index contributed by atoms with van der Waals surface area (Å²) in [7, 11) is 1.33. The smallest absolute Gasteiger partial charge is 0.321 e. The highest BCUT2D eigenvalue weighted by atomic mass is 16.5. The van der Waals surface area contributed by atoms with Gasteiger partial charge in [0.15, 0.2) is 0 Å². The van der Waals surface area contributed by atoms with Crippen LogP contribution in [0.3, 0.4) is 0 Å². The predicted molar refractivity (Wildman–Crippen MR) is 115 cm³/mol. The maximum atomic E-state index is 13.0. The van der Waals surface area contributed by atoms with Crippen molar-refractivity contribution >= 4 is 40.2 Å². The maximum Gasteiger partial charge on any atom is 0.321 e. The highest BCUT2D eigenvalue weighted by Crippen LogP contribution is 2.49. The zero-order chi connectivity index (χ0) is 21.8. The first-order valence-electron chi connectivity index (χ1n) is 10.8. The molecule has 8 nitrogen and oxygen atoms in total. The van der Waals surface area contributed by atoms with Gasteiger partial charge in [0.2, 0.25) is 11.8 Å². The number of pyridine rings is 1. The molecule has 3 aliphatic rings. The van der Waals surface area contributed by atoms with E-state index >= 15 is 0 Å². The molecule has 2 fully saturated rings. The van der Waals surface area contributed by atoms with E-state index in [-0.39, 0.29) is 23.7 Å². The SMILES string of the molecule is COC(=O)C1(C(=O)N2CC=C(c3cc(NC(=O)C4CC4)nc4[nH]ccc34)C(C)C2)CC1. The molecule has 1 aliphatic heterocycles. The Labute approximate surface area is 180 Å². The lowest BCUT2D eigenvalue weighted by Crippen LogP contribution is -2.45.